The van der Waals surface area contributed by atoms with Crippen molar-refractivity contribution in [3.63, 3.8) is 0 Å². The average molecular weight is 373 g/mol. The van der Waals surface area contributed by atoms with Gasteiger partial charge in [-0.25, -0.2) is 0 Å². The number of pyridine rings is 1. The first kappa shape index (κ1) is 19.0. The fourth-order valence-corrected chi connectivity index (χ4v) is 1.93. The van der Waals surface area contributed by atoms with E-state index in [4.69, 9.17) is 9.47 Å². The Kier molecular flexibility index (Phi) is 7.87. The number of benzene rings is 1. The predicted molar refractivity (Wildman–Crippen MR) is 79.7 cm³/mol. The monoisotopic (exact) mass is 373 g/mol. The molecule has 2 rings (SSSR count). The molecule has 1 aromatic carbocycles. The maximum atomic E-state index is 11.6. The fraction of sp³-hybridized carbons (Fsp3) is 0.294. The summed E-state index contributed by atoms with van der Waals surface area (Å²) < 4.78 is 10.7. The SMILES string of the molecule is COCC(=O)Cc1cc(Oc2cc[c-]c(C)c2C)ccn1.[Y]. The van der Waals surface area contributed by atoms with E-state index in [-0.39, 0.29) is 51.5 Å². The van der Waals surface area contributed by atoms with Gasteiger partial charge in [-0.15, -0.1) is 11.6 Å². The number of carbonyl (C=O) groups excluding carboxylic acids is 1. The van der Waals surface area contributed by atoms with E-state index in [9.17, 15) is 4.79 Å². The van der Waals surface area contributed by atoms with Crippen LogP contribution in [0.25, 0.3) is 0 Å². The Bertz CT molecular complexity index is 644. The molecule has 1 aromatic heterocycles. The molecule has 0 atom stereocenters. The summed E-state index contributed by atoms with van der Waals surface area (Å²) in [6.07, 6.45) is 1.88. The van der Waals surface area contributed by atoms with Gasteiger partial charge in [-0.1, -0.05) is 13.8 Å². The molecular weight excluding hydrogens is 355 g/mol. The van der Waals surface area contributed by atoms with E-state index in [0.717, 1.165) is 16.9 Å². The molecule has 0 saturated carbocycles. The Morgan fingerprint density at radius 1 is 1.32 bits per heavy atom. The molecule has 1 radical (unpaired) electrons. The topological polar surface area (TPSA) is 48.4 Å². The number of Topliss-reactive ketones (excluding diaryl/α,β-unsaturated/α-hetero) is 1. The number of rotatable bonds is 6. The molecule has 0 unspecified atom stereocenters. The van der Waals surface area contributed by atoms with E-state index in [1.54, 1.807) is 18.3 Å². The second-order valence-electron chi connectivity index (χ2n) is 4.83. The number of hydrogen-bond acceptors (Lipinski definition) is 4. The molecule has 1 heterocycles. The maximum absolute atomic E-state index is 11.6. The van der Waals surface area contributed by atoms with E-state index in [0.29, 0.717) is 11.4 Å². The van der Waals surface area contributed by atoms with Gasteiger partial charge in [0, 0.05) is 57.8 Å². The average Bonchev–Trinajstić information content (AvgIpc) is 2.44. The molecule has 4 nitrogen and oxygen atoms in total. The van der Waals surface area contributed by atoms with Crippen LogP contribution in [0.15, 0.2) is 30.5 Å². The van der Waals surface area contributed by atoms with Gasteiger partial charge in [-0.2, -0.15) is 17.7 Å². The molecular formula is C17H18NO3Y-. The summed E-state index contributed by atoms with van der Waals surface area (Å²) >= 11 is 0. The van der Waals surface area contributed by atoms with Gasteiger partial charge in [0.1, 0.15) is 12.4 Å². The van der Waals surface area contributed by atoms with Crippen LogP contribution in [0.4, 0.5) is 0 Å². The Hall–Kier alpha value is -1.10. The summed E-state index contributed by atoms with van der Waals surface area (Å²) in [7, 11) is 1.50. The molecule has 0 bridgehead atoms. The van der Waals surface area contributed by atoms with Crippen LogP contribution < -0.4 is 4.74 Å². The van der Waals surface area contributed by atoms with E-state index in [1.165, 1.54) is 7.11 Å². The zero-order chi connectivity index (χ0) is 15.2. The molecule has 0 amide bonds. The van der Waals surface area contributed by atoms with Gasteiger partial charge in [0.2, 0.25) is 0 Å². The Labute approximate surface area is 156 Å². The molecule has 0 aliphatic carbocycles. The summed E-state index contributed by atoms with van der Waals surface area (Å²) in [4.78, 5) is 15.8. The second kappa shape index (κ2) is 9.14. The third-order valence-electron chi connectivity index (χ3n) is 3.17. The van der Waals surface area contributed by atoms with Crippen molar-refractivity contribution in [3.05, 3.63) is 53.3 Å². The van der Waals surface area contributed by atoms with Crippen LogP contribution in [-0.4, -0.2) is 24.5 Å². The molecule has 5 heteroatoms. The third-order valence-corrected chi connectivity index (χ3v) is 3.17. The molecule has 113 valence electrons. The van der Waals surface area contributed by atoms with Gasteiger partial charge in [0.05, 0.1) is 12.1 Å². The molecule has 2 aromatic rings. The molecule has 0 fully saturated rings. The number of ketones is 1. The van der Waals surface area contributed by atoms with Crippen molar-refractivity contribution in [2.75, 3.05) is 13.7 Å². The van der Waals surface area contributed by atoms with Crippen molar-refractivity contribution < 1.29 is 47.0 Å². The number of carbonyl (C=O) groups is 1. The number of aryl methyl sites for hydroxylation is 1. The fourth-order valence-electron chi connectivity index (χ4n) is 1.93. The molecule has 0 spiro atoms. The minimum absolute atomic E-state index is 0. The van der Waals surface area contributed by atoms with Crippen molar-refractivity contribution in [2.45, 2.75) is 20.3 Å². The summed E-state index contributed by atoms with van der Waals surface area (Å²) in [6.45, 7) is 4.08. The van der Waals surface area contributed by atoms with E-state index >= 15 is 0 Å². The number of ether oxygens (including phenoxy) is 2. The quantitative estimate of drug-likeness (QED) is 0.731. The first-order chi connectivity index (χ1) is 10.1. The Morgan fingerprint density at radius 3 is 2.82 bits per heavy atom. The van der Waals surface area contributed by atoms with Crippen molar-refractivity contribution >= 4 is 5.78 Å². The second-order valence-corrected chi connectivity index (χ2v) is 4.83. The van der Waals surface area contributed by atoms with E-state index < -0.39 is 0 Å². The van der Waals surface area contributed by atoms with Crippen LogP contribution in [0.1, 0.15) is 16.8 Å². The van der Waals surface area contributed by atoms with Crippen LogP contribution in [0.3, 0.4) is 0 Å². The normalized spacial score (nSPS) is 9.95. The van der Waals surface area contributed by atoms with Crippen LogP contribution >= 0.6 is 0 Å². The Balaban J connectivity index is 0.00000242. The number of nitrogens with zero attached hydrogens (tertiary/aromatic N) is 1. The van der Waals surface area contributed by atoms with Crippen molar-refractivity contribution in [1.82, 2.24) is 4.98 Å². The predicted octanol–water partition coefficient (Wildman–Crippen LogP) is 3.05. The van der Waals surface area contributed by atoms with Crippen LogP contribution in [0.2, 0.25) is 0 Å². The standard InChI is InChI=1S/C17H18NO3.Y/c1-12-5-4-6-17(13(12)2)21-16-7-8-18-14(10-16)9-15(19)11-20-3;/h4,6-8,10H,9,11H2,1-3H3;/q-1;. The first-order valence-electron chi connectivity index (χ1n) is 6.71. The zero-order valence-electron chi connectivity index (χ0n) is 13.1. The molecule has 0 N–H and O–H groups in total. The minimum Gasteiger partial charge on any atom is -0.482 e. The molecule has 0 aliphatic rings. The number of hydrogen-bond donors (Lipinski definition) is 0. The summed E-state index contributed by atoms with van der Waals surface area (Å²) in [5, 5.41) is 0. The van der Waals surface area contributed by atoms with Gasteiger partial charge in [-0.3, -0.25) is 9.78 Å². The van der Waals surface area contributed by atoms with Crippen LogP contribution in [0, 0.1) is 19.9 Å². The molecule has 0 saturated heterocycles. The van der Waals surface area contributed by atoms with Crippen molar-refractivity contribution in [2.24, 2.45) is 0 Å². The van der Waals surface area contributed by atoms with Gasteiger partial charge in [0.15, 0.2) is 5.78 Å². The van der Waals surface area contributed by atoms with Gasteiger partial charge < -0.3 is 9.47 Å². The molecule has 0 aliphatic heterocycles. The minimum atomic E-state index is -0.0107. The summed E-state index contributed by atoms with van der Waals surface area (Å²) in [5.41, 5.74) is 2.77. The van der Waals surface area contributed by atoms with E-state index in [2.05, 4.69) is 11.1 Å². The van der Waals surface area contributed by atoms with Gasteiger partial charge in [-0.05, 0) is 6.07 Å². The number of methoxy groups -OCH3 is 1. The van der Waals surface area contributed by atoms with Crippen LogP contribution in [-0.2, 0) is 48.7 Å². The summed E-state index contributed by atoms with van der Waals surface area (Å²) in [5.74, 6) is 1.44. The van der Waals surface area contributed by atoms with Gasteiger partial charge >= 0.3 is 0 Å². The Morgan fingerprint density at radius 2 is 2.09 bits per heavy atom. The largest absolute Gasteiger partial charge is 0.482 e. The smallest absolute Gasteiger partial charge is 0.164 e. The van der Waals surface area contributed by atoms with Gasteiger partial charge in [0.25, 0.3) is 0 Å². The maximum Gasteiger partial charge on any atom is 0.164 e. The van der Waals surface area contributed by atoms with Crippen molar-refractivity contribution in [3.8, 4) is 11.5 Å². The van der Waals surface area contributed by atoms with Crippen molar-refractivity contribution in [1.29, 1.82) is 0 Å². The summed E-state index contributed by atoms with van der Waals surface area (Å²) in [6, 6.07) is 10.4. The van der Waals surface area contributed by atoms with E-state index in [1.807, 2.05) is 26.0 Å². The van der Waals surface area contributed by atoms with Crippen LogP contribution in [0.5, 0.6) is 11.5 Å². The zero-order valence-corrected chi connectivity index (χ0v) is 15.9. The third kappa shape index (κ3) is 5.27. The molecule has 22 heavy (non-hydrogen) atoms. The first-order valence-corrected chi connectivity index (χ1v) is 6.71. The number of aromatic nitrogens is 1.